The van der Waals surface area contributed by atoms with Gasteiger partial charge in [-0.2, -0.15) is 0 Å². The maximum Gasteiger partial charge on any atom is 0.516 e. The molecule has 3 rings (SSSR count). The average molecular weight is 589 g/mol. The van der Waals surface area contributed by atoms with Crippen molar-refractivity contribution in [1.82, 2.24) is 0 Å². The molecule has 0 N–H and O–H groups in total. The lowest BCUT2D eigenvalue weighted by Gasteiger charge is -2.14. The van der Waals surface area contributed by atoms with E-state index in [1.54, 1.807) is 18.2 Å². The van der Waals surface area contributed by atoms with Gasteiger partial charge in [-0.05, 0) is 60.3 Å². The maximum atomic E-state index is 12.8. The van der Waals surface area contributed by atoms with Gasteiger partial charge >= 0.3 is 12.1 Å². The predicted molar refractivity (Wildman–Crippen MR) is 173 cm³/mol. The van der Waals surface area contributed by atoms with E-state index in [0.717, 1.165) is 29.5 Å². The lowest BCUT2D eigenvalue weighted by molar-refractivity contribution is 0.0341. The fraction of sp³-hybridized carbons (Fsp3) is 0.417. The van der Waals surface area contributed by atoms with Crippen LogP contribution in [0, 0.1) is 5.92 Å². The second-order valence-corrected chi connectivity index (χ2v) is 11.2. The van der Waals surface area contributed by atoms with Crippen LogP contribution in [0.25, 0.3) is 11.1 Å². The first-order chi connectivity index (χ1) is 20.4. The largest absolute Gasteiger partial charge is 0.516 e. The summed E-state index contributed by atoms with van der Waals surface area (Å²) in [4.78, 5) is 24.8. The Labute approximate surface area is 256 Å². The molecule has 0 saturated carbocycles. The molecule has 0 unspecified atom stereocenters. The van der Waals surface area contributed by atoms with Crippen LogP contribution in [0.15, 0.2) is 72.8 Å². The zero-order valence-electron chi connectivity index (χ0n) is 25.2. The number of rotatable bonds is 16. The highest BCUT2D eigenvalue weighted by molar-refractivity contribution is 7.80. The Balaban J connectivity index is 1.71. The summed E-state index contributed by atoms with van der Waals surface area (Å²) in [5.74, 6) is -0.230. The summed E-state index contributed by atoms with van der Waals surface area (Å²) in [6, 6.07) is 22.8. The van der Waals surface area contributed by atoms with Gasteiger partial charge in [-0.3, -0.25) is 0 Å². The second-order valence-electron chi connectivity index (χ2n) is 10.9. The van der Waals surface area contributed by atoms with Gasteiger partial charge in [0.2, 0.25) is 0 Å². The fourth-order valence-electron chi connectivity index (χ4n) is 4.51. The van der Waals surface area contributed by atoms with Crippen LogP contribution in [0.4, 0.5) is 4.79 Å². The van der Waals surface area contributed by atoms with Gasteiger partial charge in [-0.25, -0.2) is 9.59 Å². The number of unbranched alkanes of at least 4 members (excludes halogenated alkanes) is 7. The predicted octanol–water partition coefficient (Wildman–Crippen LogP) is 10.1. The minimum atomic E-state index is -1.02. The number of carbonyl (C=O) groups excluding carboxylic acids is 2. The quantitative estimate of drug-likeness (QED) is 0.0718. The van der Waals surface area contributed by atoms with Crippen molar-refractivity contribution in [2.45, 2.75) is 85.0 Å². The minimum absolute atomic E-state index is 0.163. The Morgan fingerprint density at radius 2 is 1.45 bits per heavy atom. The number of carbonyl (C=O) groups is 2. The van der Waals surface area contributed by atoms with E-state index in [4.69, 9.17) is 26.4 Å². The van der Waals surface area contributed by atoms with Crippen LogP contribution >= 0.6 is 12.2 Å². The Morgan fingerprint density at radius 1 is 0.786 bits per heavy atom. The molecule has 0 amide bonds. The molecule has 0 spiro atoms. The first-order valence-corrected chi connectivity index (χ1v) is 15.7. The van der Waals surface area contributed by atoms with E-state index >= 15 is 0 Å². The minimum Gasteiger partial charge on any atom is -0.445 e. The highest BCUT2D eigenvalue weighted by Crippen LogP contribution is 2.33. The molecule has 5 nitrogen and oxygen atoms in total. The molecule has 0 bridgehead atoms. The van der Waals surface area contributed by atoms with Crippen molar-refractivity contribution in [2.75, 3.05) is 6.61 Å². The number of ether oxygens (including phenoxy) is 3. The number of esters is 1. The van der Waals surface area contributed by atoms with Crippen LogP contribution in [0.5, 0.6) is 5.75 Å². The van der Waals surface area contributed by atoms with Crippen LogP contribution in [-0.2, 0) is 15.9 Å². The molecule has 0 aliphatic heterocycles. The van der Waals surface area contributed by atoms with E-state index in [0.29, 0.717) is 5.75 Å². The first-order valence-electron chi connectivity index (χ1n) is 15.3. The molecule has 0 radical (unpaired) electrons. The molecular formula is C36H44O5S. The Bertz CT molecular complexity index is 1270. The standard InChI is InChI=1S/C36H44O5S/c1-4-6-7-8-9-10-11-13-16-28-19-21-29(22-20-28)32-24-23-31(34(37)41-36(38)39-26-27(3)5-2)25-33(32)40-35(42)30-17-14-12-15-18-30/h12,14-15,17-25,27H,4-11,13,16,26H2,1-3H3/t27-/m0/s1. The third-order valence-electron chi connectivity index (χ3n) is 7.37. The van der Waals surface area contributed by atoms with Crippen LogP contribution in [0.3, 0.4) is 0 Å². The molecule has 6 heteroatoms. The van der Waals surface area contributed by atoms with Gasteiger partial charge in [0.05, 0.1) is 12.2 Å². The molecule has 0 saturated heterocycles. The highest BCUT2D eigenvalue weighted by atomic mass is 32.1. The van der Waals surface area contributed by atoms with Crippen molar-refractivity contribution < 1.29 is 23.8 Å². The summed E-state index contributed by atoms with van der Waals surface area (Å²) in [6.07, 6.45) is 11.3. The average Bonchev–Trinajstić information content (AvgIpc) is 3.01. The van der Waals surface area contributed by atoms with Crippen molar-refractivity contribution in [3.05, 3.63) is 89.5 Å². The molecule has 3 aromatic carbocycles. The number of aryl methyl sites for hydroxylation is 1. The van der Waals surface area contributed by atoms with E-state index in [-0.39, 0.29) is 23.1 Å². The molecule has 0 aliphatic rings. The Hall–Kier alpha value is -3.51. The molecule has 1 atom stereocenters. The Kier molecular flexibility index (Phi) is 14.2. The summed E-state index contributed by atoms with van der Waals surface area (Å²) < 4.78 is 16.1. The molecular weight excluding hydrogens is 544 g/mol. The molecule has 0 fully saturated rings. The van der Waals surface area contributed by atoms with Crippen LogP contribution in [0.1, 0.15) is 100 Å². The summed E-state index contributed by atoms with van der Waals surface area (Å²) in [6.45, 7) is 6.39. The van der Waals surface area contributed by atoms with E-state index in [2.05, 4.69) is 31.2 Å². The third-order valence-corrected chi connectivity index (χ3v) is 7.69. The number of benzene rings is 3. The van der Waals surface area contributed by atoms with Gasteiger partial charge in [0.25, 0.3) is 0 Å². The number of hydrogen-bond donors (Lipinski definition) is 0. The van der Waals surface area contributed by atoms with Gasteiger partial charge in [-0.1, -0.05) is 127 Å². The van der Waals surface area contributed by atoms with Gasteiger partial charge in [-0.15, -0.1) is 0 Å². The van der Waals surface area contributed by atoms with Crippen LogP contribution in [-0.4, -0.2) is 23.8 Å². The Morgan fingerprint density at radius 3 is 2.12 bits per heavy atom. The molecule has 3 aromatic rings. The van der Waals surface area contributed by atoms with Gasteiger partial charge in [0, 0.05) is 11.1 Å². The smallest absolute Gasteiger partial charge is 0.445 e. The van der Waals surface area contributed by atoms with Crippen molar-refractivity contribution in [2.24, 2.45) is 5.92 Å². The maximum absolute atomic E-state index is 12.8. The van der Waals surface area contributed by atoms with Crippen molar-refractivity contribution in [3.8, 4) is 16.9 Å². The second kappa shape index (κ2) is 18.1. The fourth-order valence-corrected chi connectivity index (χ4v) is 4.74. The zero-order valence-corrected chi connectivity index (χ0v) is 26.0. The summed E-state index contributed by atoms with van der Waals surface area (Å²) in [5.41, 5.74) is 3.93. The van der Waals surface area contributed by atoms with Crippen LogP contribution in [0.2, 0.25) is 0 Å². The van der Waals surface area contributed by atoms with Gasteiger partial charge in [0.15, 0.2) is 5.05 Å². The normalized spacial score (nSPS) is 11.5. The first kappa shape index (κ1) is 33.0. The van der Waals surface area contributed by atoms with Crippen molar-refractivity contribution in [3.63, 3.8) is 0 Å². The monoisotopic (exact) mass is 588 g/mol. The number of hydrogen-bond acceptors (Lipinski definition) is 6. The summed E-state index contributed by atoms with van der Waals surface area (Å²) >= 11 is 5.57. The lowest BCUT2D eigenvalue weighted by atomic mass is 9.99. The molecule has 0 aliphatic carbocycles. The van der Waals surface area contributed by atoms with Crippen molar-refractivity contribution >= 4 is 29.4 Å². The third kappa shape index (κ3) is 11.1. The molecule has 224 valence electrons. The van der Waals surface area contributed by atoms with E-state index in [1.165, 1.54) is 56.9 Å². The molecule has 42 heavy (non-hydrogen) atoms. The zero-order chi connectivity index (χ0) is 30.2. The lowest BCUT2D eigenvalue weighted by Crippen LogP contribution is -2.17. The van der Waals surface area contributed by atoms with E-state index in [9.17, 15) is 9.59 Å². The van der Waals surface area contributed by atoms with Gasteiger partial charge in [0.1, 0.15) is 5.75 Å². The highest BCUT2D eigenvalue weighted by Gasteiger charge is 2.19. The molecule has 0 aromatic heterocycles. The van der Waals surface area contributed by atoms with Crippen LogP contribution < -0.4 is 4.74 Å². The SMILES string of the molecule is CCCCCCCCCCc1ccc(-c2ccc(C(=O)OC(=O)OC[C@@H](C)CC)cc2OC(=S)c2ccccc2)cc1. The van der Waals surface area contributed by atoms with E-state index < -0.39 is 12.1 Å². The summed E-state index contributed by atoms with van der Waals surface area (Å²) in [7, 11) is 0. The summed E-state index contributed by atoms with van der Waals surface area (Å²) in [5, 5.41) is 0.279. The van der Waals surface area contributed by atoms with Gasteiger partial charge < -0.3 is 14.2 Å². The molecule has 0 heterocycles. The van der Waals surface area contributed by atoms with E-state index in [1.807, 2.05) is 44.2 Å². The topological polar surface area (TPSA) is 61.8 Å². The van der Waals surface area contributed by atoms with Crippen molar-refractivity contribution in [1.29, 1.82) is 0 Å². The number of thiocarbonyl (C=S) groups is 1.